The fourth-order valence-electron chi connectivity index (χ4n) is 1.96. The summed E-state index contributed by atoms with van der Waals surface area (Å²) in [4.78, 5) is 24.2. The van der Waals surface area contributed by atoms with Gasteiger partial charge < -0.3 is 10.1 Å². The molecule has 1 heterocycles. The normalized spacial score (nSPS) is 11.0. The maximum atomic E-state index is 12.3. The van der Waals surface area contributed by atoms with Crippen LogP contribution >= 0.6 is 11.3 Å². The van der Waals surface area contributed by atoms with Gasteiger partial charge in [0, 0.05) is 11.8 Å². The molecular weight excluding hydrogens is 338 g/mol. The van der Waals surface area contributed by atoms with E-state index in [1.807, 2.05) is 0 Å². The van der Waals surface area contributed by atoms with Crippen LogP contribution in [0.15, 0.2) is 35.7 Å². The molecular formula is C15H15NO5S2. The Morgan fingerprint density at radius 3 is 2.65 bits per heavy atom. The molecule has 0 aliphatic heterocycles. The van der Waals surface area contributed by atoms with Gasteiger partial charge in [-0.2, -0.15) is 0 Å². The van der Waals surface area contributed by atoms with Gasteiger partial charge in [-0.1, -0.05) is 12.1 Å². The first-order chi connectivity index (χ1) is 10.8. The summed E-state index contributed by atoms with van der Waals surface area (Å²) in [6.07, 6.45) is 1.13. The van der Waals surface area contributed by atoms with Crippen molar-refractivity contribution in [3.05, 3.63) is 51.7 Å². The van der Waals surface area contributed by atoms with Crippen molar-refractivity contribution in [2.75, 3.05) is 18.7 Å². The van der Waals surface area contributed by atoms with E-state index >= 15 is 0 Å². The quantitative estimate of drug-likeness (QED) is 0.833. The van der Waals surface area contributed by atoms with Gasteiger partial charge in [-0.25, -0.2) is 13.2 Å². The number of anilines is 1. The first-order valence-corrected chi connectivity index (χ1v) is 9.48. The first kappa shape index (κ1) is 17.2. The van der Waals surface area contributed by atoms with Gasteiger partial charge in [-0.15, -0.1) is 11.3 Å². The van der Waals surface area contributed by atoms with Gasteiger partial charge >= 0.3 is 5.97 Å². The minimum atomic E-state index is -3.18. The number of sulfone groups is 1. The Morgan fingerprint density at radius 2 is 2.00 bits per heavy atom. The molecule has 0 unspecified atom stereocenters. The van der Waals surface area contributed by atoms with Crippen molar-refractivity contribution >= 4 is 38.7 Å². The van der Waals surface area contributed by atoms with Crippen LogP contribution in [0, 0.1) is 0 Å². The number of esters is 1. The molecule has 1 amide bonds. The van der Waals surface area contributed by atoms with E-state index < -0.39 is 21.7 Å². The molecule has 0 fully saturated rings. The summed E-state index contributed by atoms with van der Waals surface area (Å²) >= 11 is 1.16. The number of carbonyl (C=O) groups excluding carboxylic acids is 2. The van der Waals surface area contributed by atoms with E-state index in [-0.39, 0.29) is 5.75 Å². The summed E-state index contributed by atoms with van der Waals surface area (Å²) in [5.41, 5.74) is 1.20. The maximum absolute atomic E-state index is 12.3. The minimum absolute atomic E-state index is 0.139. The van der Waals surface area contributed by atoms with Gasteiger partial charge in [0.1, 0.15) is 4.88 Å². The highest BCUT2D eigenvalue weighted by Crippen LogP contribution is 2.24. The fraction of sp³-hybridized carbons (Fsp3) is 0.200. The van der Waals surface area contributed by atoms with Crippen molar-refractivity contribution in [1.29, 1.82) is 0 Å². The molecule has 0 aliphatic rings. The topological polar surface area (TPSA) is 89.5 Å². The average molecular weight is 353 g/mol. The molecule has 0 aliphatic carbocycles. The van der Waals surface area contributed by atoms with E-state index in [1.165, 1.54) is 13.2 Å². The predicted molar refractivity (Wildman–Crippen MR) is 88.6 cm³/mol. The summed E-state index contributed by atoms with van der Waals surface area (Å²) in [6, 6.07) is 7.95. The van der Waals surface area contributed by atoms with Crippen LogP contribution < -0.4 is 5.32 Å². The van der Waals surface area contributed by atoms with E-state index in [9.17, 15) is 18.0 Å². The van der Waals surface area contributed by atoms with Gasteiger partial charge in [-0.05, 0) is 29.1 Å². The van der Waals surface area contributed by atoms with Crippen LogP contribution in [0.1, 0.15) is 25.6 Å². The molecule has 0 radical (unpaired) electrons. The van der Waals surface area contributed by atoms with Crippen molar-refractivity contribution < 1.29 is 22.7 Å². The largest absolute Gasteiger partial charge is 0.465 e. The van der Waals surface area contributed by atoms with Crippen LogP contribution in [-0.2, 0) is 20.3 Å². The highest BCUT2D eigenvalue weighted by Gasteiger charge is 2.16. The highest BCUT2D eigenvalue weighted by molar-refractivity contribution is 7.89. The molecule has 0 saturated carbocycles. The van der Waals surface area contributed by atoms with E-state index in [0.29, 0.717) is 21.7 Å². The summed E-state index contributed by atoms with van der Waals surface area (Å²) in [5, 5.41) is 4.30. The molecule has 1 aromatic heterocycles. The second-order valence-corrected chi connectivity index (χ2v) is 7.94. The van der Waals surface area contributed by atoms with Crippen LogP contribution in [0.2, 0.25) is 0 Å². The minimum Gasteiger partial charge on any atom is -0.465 e. The Hall–Kier alpha value is -2.19. The third-order valence-electron chi connectivity index (χ3n) is 2.90. The van der Waals surface area contributed by atoms with E-state index in [0.717, 1.165) is 17.6 Å². The Morgan fingerprint density at radius 1 is 1.26 bits per heavy atom. The second-order valence-electron chi connectivity index (χ2n) is 4.88. The summed E-state index contributed by atoms with van der Waals surface area (Å²) in [7, 11) is -1.92. The molecule has 2 rings (SSSR count). The highest BCUT2D eigenvalue weighted by atomic mass is 32.2. The van der Waals surface area contributed by atoms with Gasteiger partial charge in [0.25, 0.3) is 5.91 Å². The predicted octanol–water partition coefficient (Wildman–Crippen LogP) is 2.33. The Bertz CT molecular complexity index is 839. The Labute approximate surface area is 138 Å². The summed E-state index contributed by atoms with van der Waals surface area (Å²) < 4.78 is 27.3. The van der Waals surface area contributed by atoms with Crippen LogP contribution in [-0.4, -0.2) is 33.7 Å². The standard InChI is InChI=1S/C15H15NO5S2/c1-21-15(18)13-12(6-7-22-13)16-14(17)11-5-3-4-10(8-11)9-23(2,19)20/h3-8H,9H2,1-2H3,(H,16,17). The molecule has 0 saturated heterocycles. The maximum Gasteiger partial charge on any atom is 0.350 e. The van der Waals surface area contributed by atoms with Crippen molar-refractivity contribution in [2.45, 2.75) is 5.75 Å². The molecule has 0 bridgehead atoms. The van der Waals surface area contributed by atoms with Crippen LogP contribution in [0.25, 0.3) is 0 Å². The lowest BCUT2D eigenvalue weighted by atomic mass is 10.1. The third kappa shape index (κ3) is 4.64. The number of carbonyl (C=O) groups is 2. The number of amides is 1. The molecule has 1 aromatic carbocycles. The van der Waals surface area contributed by atoms with Gasteiger partial charge in [0.2, 0.25) is 0 Å². The number of thiophene rings is 1. The molecule has 0 atom stereocenters. The van der Waals surface area contributed by atoms with Gasteiger partial charge in [0.15, 0.2) is 9.84 Å². The molecule has 2 aromatic rings. The lowest BCUT2D eigenvalue weighted by molar-refractivity contribution is 0.0607. The molecule has 122 valence electrons. The van der Waals surface area contributed by atoms with Crippen molar-refractivity contribution in [3.63, 3.8) is 0 Å². The monoisotopic (exact) mass is 353 g/mol. The number of hydrogen-bond donors (Lipinski definition) is 1. The Kier molecular flexibility index (Phi) is 5.17. The molecule has 0 spiro atoms. The SMILES string of the molecule is COC(=O)c1sccc1NC(=O)c1cccc(CS(C)(=O)=O)c1. The zero-order valence-corrected chi connectivity index (χ0v) is 14.2. The Balaban J connectivity index is 2.20. The molecule has 23 heavy (non-hydrogen) atoms. The fourth-order valence-corrected chi connectivity index (χ4v) is 3.51. The smallest absolute Gasteiger partial charge is 0.350 e. The van der Waals surface area contributed by atoms with Crippen molar-refractivity contribution in [2.24, 2.45) is 0 Å². The van der Waals surface area contributed by atoms with E-state index in [4.69, 9.17) is 0 Å². The van der Waals surface area contributed by atoms with Crippen LogP contribution in [0.4, 0.5) is 5.69 Å². The lowest BCUT2D eigenvalue weighted by Gasteiger charge is -2.07. The van der Waals surface area contributed by atoms with Gasteiger partial charge in [0.05, 0.1) is 18.6 Å². The number of nitrogens with one attached hydrogen (secondary N) is 1. The second kappa shape index (κ2) is 6.93. The summed E-state index contributed by atoms with van der Waals surface area (Å²) in [6.45, 7) is 0. The number of methoxy groups -OCH3 is 1. The third-order valence-corrected chi connectivity index (χ3v) is 4.65. The van der Waals surface area contributed by atoms with Crippen molar-refractivity contribution in [3.8, 4) is 0 Å². The van der Waals surface area contributed by atoms with E-state index in [2.05, 4.69) is 10.1 Å². The first-order valence-electron chi connectivity index (χ1n) is 6.54. The van der Waals surface area contributed by atoms with Gasteiger partial charge in [-0.3, -0.25) is 4.79 Å². The van der Waals surface area contributed by atoms with E-state index in [1.54, 1.807) is 29.6 Å². The number of ether oxygens (including phenoxy) is 1. The zero-order chi connectivity index (χ0) is 17.0. The molecule has 8 heteroatoms. The molecule has 1 N–H and O–H groups in total. The zero-order valence-electron chi connectivity index (χ0n) is 12.5. The average Bonchev–Trinajstić information content (AvgIpc) is 2.93. The number of hydrogen-bond acceptors (Lipinski definition) is 6. The lowest BCUT2D eigenvalue weighted by Crippen LogP contribution is -2.14. The molecule has 6 nitrogen and oxygen atoms in total. The van der Waals surface area contributed by atoms with Crippen LogP contribution in [0.3, 0.4) is 0 Å². The number of benzene rings is 1. The number of rotatable bonds is 5. The summed E-state index contributed by atoms with van der Waals surface area (Å²) in [5.74, 6) is -1.09. The van der Waals surface area contributed by atoms with Crippen molar-refractivity contribution in [1.82, 2.24) is 0 Å². The van der Waals surface area contributed by atoms with Crippen LogP contribution in [0.5, 0.6) is 0 Å².